The number of aliphatic imine (C=N–C) groups is 1. The highest BCUT2D eigenvalue weighted by Gasteiger charge is 2.31. The number of anilines is 1. The number of ether oxygens (including phenoxy) is 2. The molecule has 0 bridgehead atoms. The summed E-state index contributed by atoms with van der Waals surface area (Å²) in [4.78, 5) is -4.19. The fourth-order valence-electron chi connectivity index (χ4n) is 10.6. The number of fused-ring (bicyclic) bond motifs is 4. The Hall–Kier alpha value is -11.3. The van der Waals surface area contributed by atoms with E-state index in [1.807, 2.05) is 0 Å². The third-order valence-electron chi connectivity index (χ3n) is 15.4. The van der Waals surface area contributed by atoms with Crippen LogP contribution in [0.1, 0.15) is 12.0 Å². The molecule has 43 nitrogen and oxygen atoms in total. The Balaban J connectivity index is 1.06. The Morgan fingerprint density at radius 1 is 0.414 bits per heavy atom. The number of aromatic hydroxyl groups is 4. The van der Waals surface area contributed by atoms with Crippen LogP contribution in [0, 0.1) is 6.92 Å². The van der Waals surface area contributed by atoms with Gasteiger partial charge in [0.2, 0.25) is 0 Å². The highest BCUT2D eigenvalue weighted by atomic mass is 32.2. The zero-order valence-electron chi connectivity index (χ0n) is 55.4. The topological polar surface area (TPSA) is 703 Å². The van der Waals surface area contributed by atoms with Gasteiger partial charge < -0.3 is 40.3 Å². The Kier molecular flexibility index (Phi) is 22.9. The summed E-state index contributed by atoms with van der Waals surface area (Å²) in [6.45, 7) is -0.0322. The smallest absolute Gasteiger partial charge is 0.297 e. The number of rotatable bonds is 27. The normalized spacial score (nSPS) is 13.3. The van der Waals surface area contributed by atoms with Crippen LogP contribution in [0.4, 0.5) is 68.2 Å². The predicted molar refractivity (Wildman–Crippen MR) is 387 cm³/mol. The van der Waals surface area contributed by atoms with Crippen LogP contribution in [-0.2, 0) is 85.7 Å². The molecule has 10 rings (SSSR count). The van der Waals surface area contributed by atoms with Gasteiger partial charge in [-0.1, -0.05) is 6.07 Å². The number of aliphatic hydroxyl groups is 1. The SMILES string of the molecule is COC=Nc1ccc(S(=O)(=O)O)c(N=Nc2c(S(=O)(=O)O)cc3c(S(=O)(=O)O)c(N=Nc4c(S(=O)(=O)O)cc5c(N=Nc6ccc7cc(S(=O)(=O)O)c(N=Nc8cc(C)c(N=Nc9cc(S(=O)(=O)O)cc%10cc(S(=O)(=O)O)cc(O)c9%10)cc8OCCO)c(O)c7c6)c(NCCCS(=O)(=O)O)ccc5c4O)ccc3c2O)c1. The molecule has 0 fully saturated rings. The van der Waals surface area contributed by atoms with Crippen molar-refractivity contribution in [1.82, 2.24) is 0 Å². The molecule has 0 radical (unpaired) electrons. The van der Waals surface area contributed by atoms with E-state index in [4.69, 9.17) is 9.47 Å². The second-order valence-corrected chi connectivity index (χ2v) is 34.2. The third kappa shape index (κ3) is 18.5. The minimum Gasteiger partial charge on any atom is -0.507 e. The van der Waals surface area contributed by atoms with Crippen LogP contribution in [0.2, 0.25) is 0 Å². The first-order valence-electron chi connectivity index (χ1n) is 30.0. The number of hydrogen-bond acceptors (Lipinski definition) is 35. The van der Waals surface area contributed by atoms with Gasteiger partial charge in [-0.25, -0.2) is 4.99 Å². The van der Waals surface area contributed by atoms with Crippen LogP contribution in [0.25, 0.3) is 43.1 Å². The summed E-state index contributed by atoms with van der Waals surface area (Å²) in [5, 5.41) is 93.9. The van der Waals surface area contributed by atoms with Crippen molar-refractivity contribution in [3.05, 3.63) is 121 Å². The lowest BCUT2D eigenvalue weighted by atomic mass is 10.0. The average Bonchev–Trinajstić information content (AvgIpc) is 0.747. The number of methoxy groups -OCH3 is 1. The summed E-state index contributed by atoms with van der Waals surface area (Å²) in [5.74, 6) is -5.56. The number of phenols is 4. The van der Waals surface area contributed by atoms with E-state index >= 15 is 0 Å². The molecule has 584 valence electrons. The Morgan fingerprint density at radius 3 is 1.50 bits per heavy atom. The summed E-state index contributed by atoms with van der Waals surface area (Å²) < 4.78 is 293. The monoisotopic (exact) mass is 1690 g/mol. The van der Waals surface area contributed by atoms with E-state index in [9.17, 15) is 129 Å². The molecule has 14 N–H and O–H groups in total. The maximum Gasteiger partial charge on any atom is 0.297 e. The molecule has 10 aromatic rings. The predicted octanol–water partition coefficient (Wildman–Crippen LogP) is 11.6. The first-order chi connectivity index (χ1) is 51.6. The van der Waals surface area contributed by atoms with Crippen LogP contribution in [0.15, 0.2) is 206 Å². The zero-order valence-corrected chi connectivity index (χ0v) is 62.0. The number of azo groups is 5. The van der Waals surface area contributed by atoms with Gasteiger partial charge in [0.15, 0.2) is 23.6 Å². The summed E-state index contributed by atoms with van der Waals surface area (Å²) in [5.41, 5.74) is -7.02. The average molecular weight is 1690 g/mol. The maximum absolute atomic E-state index is 13.4. The lowest BCUT2D eigenvalue weighted by Gasteiger charge is -2.15. The molecule has 0 amide bonds. The van der Waals surface area contributed by atoms with Crippen LogP contribution < -0.4 is 10.1 Å². The number of benzene rings is 10. The van der Waals surface area contributed by atoms with Gasteiger partial charge in [-0.2, -0.15) is 77.6 Å². The molecular formula is C60H50N12O31S8. The molecule has 51 heteroatoms. The lowest BCUT2D eigenvalue weighted by molar-refractivity contribution is 0.202. The van der Waals surface area contributed by atoms with Crippen molar-refractivity contribution < 1.29 is 139 Å². The highest BCUT2D eigenvalue weighted by molar-refractivity contribution is 7.87. The molecule has 0 spiro atoms. The molecule has 111 heavy (non-hydrogen) atoms. The van der Waals surface area contributed by atoms with Crippen LogP contribution >= 0.6 is 0 Å². The number of aryl methyl sites for hydroxylation is 1. The molecule has 0 atom stereocenters. The molecule has 0 saturated carbocycles. The second-order valence-electron chi connectivity index (χ2n) is 22.9. The Labute approximate surface area is 624 Å². The van der Waals surface area contributed by atoms with Crippen LogP contribution in [-0.4, -0.2) is 168 Å². The quantitative estimate of drug-likeness (QED) is 0.00747. The van der Waals surface area contributed by atoms with E-state index in [0.29, 0.717) is 24.3 Å². The van der Waals surface area contributed by atoms with Crippen molar-refractivity contribution in [2.45, 2.75) is 47.6 Å². The number of phenolic OH excluding ortho intramolecular Hbond substituents is 4. The van der Waals surface area contributed by atoms with Gasteiger partial charge in [-0.15, -0.1) is 40.9 Å². The largest absolute Gasteiger partial charge is 0.507 e. The highest BCUT2D eigenvalue weighted by Crippen LogP contribution is 2.51. The molecule has 0 aromatic heterocycles. The summed E-state index contributed by atoms with van der Waals surface area (Å²) in [6.07, 6.45) is 0.574. The standard InChI is InChI=1S/C60H50N12O31S8/c1-28-16-43(47(103-14-13-73)26-42(28)65-68-45-22-33(105(81,82)83)17-30-18-34(106(84,85)86)23-46(74)52(30)45)66-71-54-49(108(90,91)92)19-29-4-5-32(20-37(29)59(54)77)63-69-53-38-24-50(109(93,94)95)55(57(75)35(38)7-9-40(53)61-12-3-15-104(78,79)80)70-64-41-10-8-36-39(60(41)111(99,100)101)25-51(110(96,97)98)56(58(36)76)72-67-44-21-31(62-27-102-2)6-11-48(44)107(87,88)89/h4-11,16-27,61,73-77H,3,12-15H2,1-2H3,(H,78,79,80)(H,81,82,83)(H,84,85,86)(H,87,88,89)(H,90,91,92)(H,93,94,95)(H,96,97,98)(H,99,100,101). The second kappa shape index (κ2) is 30.9. The molecule has 0 aliphatic rings. The van der Waals surface area contributed by atoms with Gasteiger partial charge in [0.1, 0.15) is 82.4 Å². The minimum atomic E-state index is -5.78. The fraction of sp³-hybridized carbons (Fsp3) is 0.117. The van der Waals surface area contributed by atoms with Gasteiger partial charge in [-0.3, -0.25) is 36.4 Å². The summed E-state index contributed by atoms with van der Waals surface area (Å²) in [6, 6.07) is 16.8. The van der Waals surface area contributed by atoms with Crippen molar-refractivity contribution in [2.75, 3.05) is 37.9 Å². The Bertz CT molecular complexity index is 6810. The molecular weight excluding hydrogens is 1640 g/mol. The molecule has 0 aliphatic carbocycles. The fourth-order valence-corrected chi connectivity index (χ4v) is 15.5. The van der Waals surface area contributed by atoms with E-state index in [2.05, 4.69) is 61.5 Å². The van der Waals surface area contributed by atoms with E-state index in [-0.39, 0.29) is 74.3 Å². The molecule has 10 aromatic carbocycles. The van der Waals surface area contributed by atoms with Gasteiger partial charge in [0.05, 0.1) is 63.1 Å². The van der Waals surface area contributed by atoms with E-state index < -0.39 is 219 Å². The van der Waals surface area contributed by atoms with E-state index in [1.165, 1.54) is 20.1 Å². The zero-order chi connectivity index (χ0) is 81.6. The molecule has 0 saturated heterocycles. The maximum atomic E-state index is 13.4. The van der Waals surface area contributed by atoms with Gasteiger partial charge in [-0.05, 0) is 127 Å². The number of aliphatic hydroxyl groups excluding tert-OH is 1. The van der Waals surface area contributed by atoms with E-state index in [0.717, 1.165) is 91.3 Å². The number of nitrogens with zero attached hydrogens (tertiary/aromatic N) is 11. The summed E-state index contributed by atoms with van der Waals surface area (Å²) in [7, 11) is -41.1. The lowest BCUT2D eigenvalue weighted by Crippen LogP contribution is -2.10. The van der Waals surface area contributed by atoms with Crippen LogP contribution in [0.3, 0.4) is 0 Å². The minimum absolute atomic E-state index is 0.0914. The van der Waals surface area contributed by atoms with E-state index in [1.54, 1.807) is 0 Å². The molecule has 0 heterocycles. The van der Waals surface area contributed by atoms with Crippen molar-refractivity contribution in [2.24, 2.45) is 56.1 Å². The molecule has 0 unspecified atom stereocenters. The van der Waals surface area contributed by atoms with Gasteiger partial charge in [0.25, 0.3) is 80.9 Å². The van der Waals surface area contributed by atoms with Gasteiger partial charge >= 0.3 is 0 Å². The first kappa shape index (κ1) is 82.2. The summed E-state index contributed by atoms with van der Waals surface area (Å²) >= 11 is 0. The van der Waals surface area contributed by atoms with Crippen molar-refractivity contribution >= 4 is 199 Å². The first-order valence-corrected chi connectivity index (χ1v) is 41.7. The number of hydrogen-bond donors (Lipinski definition) is 14. The van der Waals surface area contributed by atoms with Crippen LogP contribution in [0.5, 0.6) is 28.7 Å². The Morgan fingerprint density at radius 2 is 0.928 bits per heavy atom. The van der Waals surface area contributed by atoms with Crippen molar-refractivity contribution in [1.29, 1.82) is 0 Å². The van der Waals surface area contributed by atoms with Crippen molar-refractivity contribution in [3.63, 3.8) is 0 Å². The molecule has 0 aliphatic heterocycles. The third-order valence-corrected chi connectivity index (χ3v) is 22.3. The van der Waals surface area contributed by atoms with Gasteiger partial charge in [0, 0.05) is 45.6 Å². The number of nitrogens with one attached hydrogen (secondary N) is 1. The van der Waals surface area contributed by atoms with Crippen molar-refractivity contribution in [3.8, 4) is 28.7 Å².